The highest BCUT2D eigenvalue weighted by atomic mass is 16.5. The van der Waals surface area contributed by atoms with Gasteiger partial charge < -0.3 is 4.74 Å². The maximum atomic E-state index is 10.6. The van der Waals surface area contributed by atoms with Crippen molar-refractivity contribution in [1.82, 2.24) is 0 Å². The average molecular weight is 129 g/mol. The lowest BCUT2D eigenvalue weighted by atomic mass is 10.1. The third-order valence-electron chi connectivity index (χ3n) is 0.838. The van der Waals surface area contributed by atoms with E-state index in [9.17, 15) is 4.79 Å². The first-order valence-corrected chi connectivity index (χ1v) is 3.11. The molecule has 0 bridgehead atoms. The fourth-order valence-electron chi connectivity index (χ4n) is 0.506. The molecule has 0 saturated carbocycles. The quantitative estimate of drug-likeness (QED) is 0.538. The number of ether oxygens (including phenoxy) is 1. The Labute approximate surface area is 56.2 Å². The van der Waals surface area contributed by atoms with Gasteiger partial charge in [-0.1, -0.05) is 13.8 Å². The Morgan fingerprint density at radius 2 is 2.22 bits per heavy atom. The SMILES string of the molecule is [CH2]COC(=O)CC(C)C. The minimum Gasteiger partial charge on any atom is -0.466 e. The van der Waals surface area contributed by atoms with Crippen molar-refractivity contribution in [3.63, 3.8) is 0 Å². The van der Waals surface area contributed by atoms with Gasteiger partial charge in [-0.3, -0.25) is 4.79 Å². The number of esters is 1. The molecule has 0 aromatic rings. The molecule has 0 aliphatic heterocycles. The van der Waals surface area contributed by atoms with Crippen molar-refractivity contribution in [2.75, 3.05) is 6.61 Å². The summed E-state index contributed by atoms with van der Waals surface area (Å²) in [7, 11) is 0. The molecule has 2 nitrogen and oxygen atoms in total. The lowest BCUT2D eigenvalue weighted by Crippen LogP contribution is -2.06. The van der Waals surface area contributed by atoms with Crippen LogP contribution in [0.25, 0.3) is 0 Å². The molecule has 0 spiro atoms. The van der Waals surface area contributed by atoms with Gasteiger partial charge in [0.25, 0.3) is 0 Å². The van der Waals surface area contributed by atoms with Crippen molar-refractivity contribution in [2.45, 2.75) is 20.3 Å². The summed E-state index contributed by atoms with van der Waals surface area (Å²) in [5.41, 5.74) is 0. The maximum absolute atomic E-state index is 10.6. The Morgan fingerprint density at radius 1 is 1.67 bits per heavy atom. The van der Waals surface area contributed by atoms with Crippen molar-refractivity contribution in [2.24, 2.45) is 5.92 Å². The van der Waals surface area contributed by atoms with Crippen molar-refractivity contribution in [1.29, 1.82) is 0 Å². The van der Waals surface area contributed by atoms with Crippen LogP contribution in [-0.2, 0) is 9.53 Å². The van der Waals surface area contributed by atoms with Gasteiger partial charge in [0.15, 0.2) is 0 Å². The van der Waals surface area contributed by atoms with Gasteiger partial charge in [-0.05, 0) is 12.8 Å². The first-order valence-electron chi connectivity index (χ1n) is 3.11. The molecule has 0 saturated heterocycles. The van der Waals surface area contributed by atoms with Crippen LogP contribution in [0.1, 0.15) is 20.3 Å². The first-order chi connectivity index (χ1) is 4.16. The van der Waals surface area contributed by atoms with Gasteiger partial charge in [0.1, 0.15) is 0 Å². The normalized spacial score (nSPS) is 9.78. The Balaban J connectivity index is 3.27. The average Bonchev–Trinajstić information content (AvgIpc) is 1.63. The molecule has 0 aliphatic carbocycles. The minimum atomic E-state index is -0.153. The van der Waals surface area contributed by atoms with Crippen LogP contribution in [0.15, 0.2) is 0 Å². The second-order valence-electron chi connectivity index (χ2n) is 2.32. The van der Waals surface area contributed by atoms with E-state index in [1.807, 2.05) is 13.8 Å². The summed E-state index contributed by atoms with van der Waals surface area (Å²) >= 11 is 0. The van der Waals surface area contributed by atoms with Crippen LogP contribution >= 0.6 is 0 Å². The fraction of sp³-hybridized carbons (Fsp3) is 0.714. The van der Waals surface area contributed by atoms with Crippen LogP contribution < -0.4 is 0 Å². The third kappa shape index (κ3) is 5.34. The van der Waals surface area contributed by atoms with E-state index >= 15 is 0 Å². The highest BCUT2D eigenvalue weighted by Gasteiger charge is 2.03. The monoisotopic (exact) mass is 129 g/mol. The third-order valence-corrected chi connectivity index (χ3v) is 0.838. The Hall–Kier alpha value is -0.530. The van der Waals surface area contributed by atoms with Gasteiger partial charge >= 0.3 is 5.97 Å². The summed E-state index contributed by atoms with van der Waals surface area (Å²) < 4.78 is 4.60. The van der Waals surface area contributed by atoms with Gasteiger partial charge in [0.2, 0.25) is 0 Å². The molecule has 0 amide bonds. The van der Waals surface area contributed by atoms with Gasteiger partial charge in [0.05, 0.1) is 6.61 Å². The van der Waals surface area contributed by atoms with Gasteiger partial charge in [-0.25, -0.2) is 0 Å². The van der Waals surface area contributed by atoms with E-state index in [1.165, 1.54) is 0 Å². The molecule has 0 unspecified atom stereocenters. The smallest absolute Gasteiger partial charge is 0.306 e. The Bertz CT molecular complexity index is 86.9. The molecule has 2 heteroatoms. The summed E-state index contributed by atoms with van der Waals surface area (Å²) in [6.45, 7) is 7.58. The number of hydrogen-bond acceptors (Lipinski definition) is 2. The molecule has 9 heavy (non-hydrogen) atoms. The largest absolute Gasteiger partial charge is 0.466 e. The van der Waals surface area contributed by atoms with Crippen LogP contribution in [0.5, 0.6) is 0 Å². The molecule has 0 aliphatic rings. The molecule has 0 atom stereocenters. The van der Waals surface area contributed by atoms with E-state index in [-0.39, 0.29) is 12.6 Å². The molecule has 0 heterocycles. The number of hydrogen-bond donors (Lipinski definition) is 0. The van der Waals surface area contributed by atoms with Crippen LogP contribution in [0.3, 0.4) is 0 Å². The summed E-state index contributed by atoms with van der Waals surface area (Å²) in [5, 5.41) is 0. The Kier molecular flexibility index (Phi) is 4.10. The zero-order chi connectivity index (χ0) is 7.28. The molecule has 0 N–H and O–H groups in total. The lowest BCUT2D eigenvalue weighted by Gasteiger charge is -2.02. The van der Waals surface area contributed by atoms with Gasteiger partial charge in [0, 0.05) is 6.42 Å². The molecule has 0 aromatic carbocycles. The van der Waals surface area contributed by atoms with E-state index in [0.717, 1.165) is 0 Å². The van der Waals surface area contributed by atoms with E-state index < -0.39 is 0 Å². The van der Waals surface area contributed by atoms with E-state index in [4.69, 9.17) is 0 Å². The zero-order valence-electron chi connectivity index (χ0n) is 6.02. The maximum Gasteiger partial charge on any atom is 0.306 e. The Morgan fingerprint density at radius 3 is 2.56 bits per heavy atom. The molecule has 1 radical (unpaired) electrons. The van der Waals surface area contributed by atoms with Crippen molar-refractivity contribution >= 4 is 5.97 Å². The second kappa shape index (κ2) is 4.36. The molecular formula is C7H13O2. The summed E-state index contributed by atoms with van der Waals surface area (Å²) in [6.07, 6.45) is 0.496. The highest BCUT2D eigenvalue weighted by molar-refractivity contribution is 5.69. The standard InChI is InChI=1S/C7H13O2/c1-4-9-7(8)5-6(2)3/h6H,1,4-5H2,2-3H3. The van der Waals surface area contributed by atoms with Crippen LogP contribution in [0.2, 0.25) is 0 Å². The molecule has 0 aromatic heterocycles. The zero-order valence-corrected chi connectivity index (χ0v) is 6.02. The summed E-state index contributed by atoms with van der Waals surface area (Å²) in [5.74, 6) is 0.226. The molecule has 0 fully saturated rings. The van der Waals surface area contributed by atoms with Crippen LogP contribution in [0.4, 0.5) is 0 Å². The first kappa shape index (κ1) is 8.47. The predicted molar refractivity (Wildman–Crippen MR) is 35.8 cm³/mol. The van der Waals surface area contributed by atoms with Crippen molar-refractivity contribution in [3.8, 4) is 0 Å². The van der Waals surface area contributed by atoms with Crippen molar-refractivity contribution in [3.05, 3.63) is 6.92 Å². The van der Waals surface area contributed by atoms with Crippen molar-refractivity contribution < 1.29 is 9.53 Å². The fourth-order valence-corrected chi connectivity index (χ4v) is 0.506. The van der Waals surface area contributed by atoms with Gasteiger partial charge in [-0.15, -0.1) is 0 Å². The van der Waals surface area contributed by atoms with E-state index in [0.29, 0.717) is 12.3 Å². The highest BCUT2D eigenvalue weighted by Crippen LogP contribution is 1.99. The topological polar surface area (TPSA) is 26.3 Å². The predicted octanol–water partition coefficient (Wildman–Crippen LogP) is 1.41. The molecule has 53 valence electrons. The number of carbonyl (C=O) groups is 1. The van der Waals surface area contributed by atoms with Crippen LogP contribution in [-0.4, -0.2) is 12.6 Å². The summed E-state index contributed by atoms with van der Waals surface area (Å²) in [4.78, 5) is 10.6. The minimum absolute atomic E-state index is 0.153. The second-order valence-corrected chi connectivity index (χ2v) is 2.32. The molecular weight excluding hydrogens is 116 g/mol. The van der Waals surface area contributed by atoms with E-state index in [2.05, 4.69) is 11.7 Å². The molecule has 0 rings (SSSR count). The van der Waals surface area contributed by atoms with Crippen LogP contribution in [0, 0.1) is 12.8 Å². The van der Waals surface area contributed by atoms with E-state index in [1.54, 1.807) is 0 Å². The number of carbonyl (C=O) groups excluding carboxylic acids is 1. The number of rotatable bonds is 3. The summed E-state index contributed by atoms with van der Waals surface area (Å²) in [6, 6.07) is 0. The lowest BCUT2D eigenvalue weighted by molar-refractivity contribution is -0.143. The van der Waals surface area contributed by atoms with Gasteiger partial charge in [-0.2, -0.15) is 0 Å².